The van der Waals surface area contributed by atoms with Crippen molar-refractivity contribution in [3.63, 3.8) is 0 Å². The van der Waals surface area contributed by atoms with Gasteiger partial charge in [-0.25, -0.2) is 10.2 Å². The number of hydrogen-bond acceptors (Lipinski definition) is 4. The zero-order valence-electron chi connectivity index (χ0n) is 15.3. The molecule has 1 aromatic carbocycles. The molecule has 1 aliphatic heterocycles. The molecule has 2 N–H and O–H groups in total. The normalized spacial score (nSPS) is 16.8. The van der Waals surface area contributed by atoms with E-state index in [1.807, 2.05) is 39.0 Å². The molecule has 0 bridgehead atoms. The number of hydrogen-bond donors (Lipinski definition) is 2. The molecule has 0 radical (unpaired) electrons. The molecule has 4 amide bonds. The van der Waals surface area contributed by atoms with Crippen LogP contribution < -0.4 is 10.7 Å². The molecule has 1 fully saturated rings. The largest absolute Gasteiger partial charge is 0.325 e. The van der Waals surface area contributed by atoms with Crippen molar-refractivity contribution >= 4 is 23.6 Å². The number of nitrogens with zero attached hydrogens (tertiary/aromatic N) is 2. The lowest BCUT2D eigenvalue weighted by atomic mass is 10.0. The van der Waals surface area contributed by atoms with Crippen molar-refractivity contribution in [2.45, 2.75) is 46.6 Å². The van der Waals surface area contributed by atoms with Crippen molar-refractivity contribution in [1.29, 1.82) is 0 Å². The molecule has 0 atom stereocenters. The molecule has 0 spiro atoms. The van der Waals surface area contributed by atoms with Crippen molar-refractivity contribution in [3.8, 4) is 0 Å². The van der Waals surface area contributed by atoms with Crippen LogP contribution in [0.1, 0.15) is 43.9 Å². The average Bonchev–Trinajstić information content (AvgIpc) is 2.73. The van der Waals surface area contributed by atoms with Crippen LogP contribution in [-0.4, -0.2) is 40.5 Å². The molecule has 0 saturated carbocycles. The number of urea groups is 1. The van der Waals surface area contributed by atoms with Gasteiger partial charge in [-0.05, 0) is 46.2 Å². The second-order valence-corrected chi connectivity index (χ2v) is 6.81. The summed E-state index contributed by atoms with van der Waals surface area (Å²) < 4.78 is 0. The summed E-state index contributed by atoms with van der Waals surface area (Å²) in [7, 11) is 0. The maximum absolute atomic E-state index is 12.1. The summed E-state index contributed by atoms with van der Waals surface area (Å²) in [5.74, 6) is -0.685. The Kier molecular flexibility index (Phi) is 5.25. The first-order valence-corrected chi connectivity index (χ1v) is 8.16. The fourth-order valence-electron chi connectivity index (χ4n) is 2.62. The van der Waals surface area contributed by atoms with Crippen LogP contribution in [0.2, 0.25) is 0 Å². The number of carbonyl (C=O) groups excluding carboxylic acids is 3. The third-order valence-corrected chi connectivity index (χ3v) is 4.14. The average molecular weight is 344 g/mol. The number of imide groups is 1. The maximum atomic E-state index is 12.1. The SMILES string of the molecule is C/C(=N/NC(=O)CCN1C(=O)NC(C)(C)C1=O)c1cc(C)ccc1C. The first-order chi connectivity index (χ1) is 11.6. The molecule has 1 heterocycles. The van der Waals surface area contributed by atoms with Gasteiger partial charge in [0.2, 0.25) is 5.91 Å². The molecular weight excluding hydrogens is 320 g/mol. The number of benzene rings is 1. The zero-order valence-corrected chi connectivity index (χ0v) is 15.3. The van der Waals surface area contributed by atoms with Gasteiger partial charge in [0.25, 0.3) is 5.91 Å². The number of carbonyl (C=O) groups is 3. The lowest BCUT2D eigenvalue weighted by Crippen LogP contribution is -2.40. The van der Waals surface area contributed by atoms with E-state index >= 15 is 0 Å². The van der Waals surface area contributed by atoms with Crippen LogP contribution in [0.3, 0.4) is 0 Å². The quantitative estimate of drug-likeness (QED) is 0.485. The van der Waals surface area contributed by atoms with Gasteiger partial charge in [0, 0.05) is 18.5 Å². The highest BCUT2D eigenvalue weighted by molar-refractivity contribution is 6.06. The van der Waals surface area contributed by atoms with Gasteiger partial charge in [-0.3, -0.25) is 14.5 Å². The standard InChI is InChI=1S/C18H24N4O3/c1-11-6-7-12(2)14(10-11)13(3)20-21-15(23)8-9-22-16(24)18(4,5)19-17(22)25/h6-7,10H,8-9H2,1-5H3,(H,19,25)(H,21,23)/b20-13-. The monoisotopic (exact) mass is 344 g/mol. The Bertz CT molecular complexity index is 753. The van der Waals surface area contributed by atoms with E-state index in [1.54, 1.807) is 13.8 Å². The van der Waals surface area contributed by atoms with Gasteiger partial charge in [-0.15, -0.1) is 0 Å². The van der Waals surface area contributed by atoms with E-state index in [-0.39, 0.29) is 24.8 Å². The Balaban J connectivity index is 1.94. The van der Waals surface area contributed by atoms with Gasteiger partial charge in [0.1, 0.15) is 5.54 Å². The molecule has 134 valence electrons. The molecule has 0 unspecified atom stereocenters. The minimum atomic E-state index is -0.926. The van der Waals surface area contributed by atoms with E-state index in [0.717, 1.165) is 21.6 Å². The van der Waals surface area contributed by atoms with Crippen LogP contribution in [-0.2, 0) is 9.59 Å². The highest BCUT2D eigenvalue weighted by atomic mass is 16.2. The van der Waals surface area contributed by atoms with Gasteiger partial charge >= 0.3 is 6.03 Å². The maximum Gasteiger partial charge on any atom is 0.325 e. The van der Waals surface area contributed by atoms with E-state index in [2.05, 4.69) is 15.8 Å². The Labute approximate surface area is 147 Å². The van der Waals surface area contributed by atoms with Crippen molar-refractivity contribution in [2.75, 3.05) is 6.54 Å². The summed E-state index contributed by atoms with van der Waals surface area (Å²) in [5.41, 5.74) is 5.41. The number of nitrogens with one attached hydrogen (secondary N) is 2. The molecule has 7 heteroatoms. The molecule has 1 saturated heterocycles. The van der Waals surface area contributed by atoms with Crippen LogP contribution in [0.5, 0.6) is 0 Å². The van der Waals surface area contributed by atoms with E-state index in [9.17, 15) is 14.4 Å². The van der Waals surface area contributed by atoms with Gasteiger partial charge < -0.3 is 5.32 Å². The lowest BCUT2D eigenvalue weighted by molar-refractivity contribution is -0.130. The lowest BCUT2D eigenvalue weighted by Gasteiger charge is -2.15. The first-order valence-electron chi connectivity index (χ1n) is 8.16. The molecule has 7 nitrogen and oxygen atoms in total. The Morgan fingerprint density at radius 2 is 1.96 bits per heavy atom. The number of aryl methyl sites for hydroxylation is 2. The van der Waals surface area contributed by atoms with E-state index in [4.69, 9.17) is 0 Å². The van der Waals surface area contributed by atoms with Crippen LogP contribution in [0.15, 0.2) is 23.3 Å². The van der Waals surface area contributed by atoms with Crippen LogP contribution in [0.4, 0.5) is 4.79 Å². The Morgan fingerprint density at radius 1 is 1.28 bits per heavy atom. The molecule has 0 aliphatic carbocycles. The Morgan fingerprint density at radius 3 is 2.56 bits per heavy atom. The van der Waals surface area contributed by atoms with Crippen molar-refractivity contribution < 1.29 is 14.4 Å². The number of hydrazone groups is 1. The predicted molar refractivity (Wildman–Crippen MR) is 95.2 cm³/mol. The van der Waals surface area contributed by atoms with Gasteiger partial charge in [-0.1, -0.05) is 17.7 Å². The van der Waals surface area contributed by atoms with Gasteiger partial charge in [0.15, 0.2) is 0 Å². The van der Waals surface area contributed by atoms with Gasteiger partial charge in [0.05, 0.1) is 5.71 Å². The minimum Gasteiger partial charge on any atom is -0.324 e. The fraction of sp³-hybridized carbons (Fsp3) is 0.444. The fourth-order valence-corrected chi connectivity index (χ4v) is 2.62. The number of amides is 4. The third-order valence-electron chi connectivity index (χ3n) is 4.14. The Hall–Kier alpha value is -2.70. The summed E-state index contributed by atoms with van der Waals surface area (Å²) in [6.45, 7) is 9.08. The minimum absolute atomic E-state index is 0.00117. The van der Waals surface area contributed by atoms with E-state index in [1.165, 1.54) is 0 Å². The first kappa shape index (κ1) is 18.6. The van der Waals surface area contributed by atoms with Crippen molar-refractivity contribution in [3.05, 3.63) is 34.9 Å². The summed E-state index contributed by atoms with van der Waals surface area (Å²) in [4.78, 5) is 36.9. The molecule has 25 heavy (non-hydrogen) atoms. The third kappa shape index (κ3) is 4.23. The number of rotatable bonds is 5. The second kappa shape index (κ2) is 7.04. The predicted octanol–water partition coefficient (Wildman–Crippen LogP) is 1.86. The smallest absolute Gasteiger partial charge is 0.324 e. The van der Waals surface area contributed by atoms with E-state index in [0.29, 0.717) is 5.71 Å². The molecule has 2 rings (SSSR count). The highest BCUT2D eigenvalue weighted by Crippen LogP contribution is 2.16. The van der Waals surface area contributed by atoms with Gasteiger partial charge in [-0.2, -0.15) is 5.10 Å². The highest BCUT2D eigenvalue weighted by Gasteiger charge is 2.43. The topological polar surface area (TPSA) is 90.9 Å². The molecule has 1 aliphatic rings. The zero-order chi connectivity index (χ0) is 18.8. The summed E-state index contributed by atoms with van der Waals surface area (Å²) in [6.07, 6.45) is -0.00117. The van der Waals surface area contributed by atoms with E-state index < -0.39 is 11.6 Å². The molecular formula is C18H24N4O3. The van der Waals surface area contributed by atoms with Crippen LogP contribution in [0, 0.1) is 13.8 Å². The summed E-state index contributed by atoms with van der Waals surface area (Å²) in [6, 6.07) is 5.56. The van der Waals surface area contributed by atoms with Crippen LogP contribution in [0.25, 0.3) is 0 Å². The molecule has 1 aromatic rings. The summed E-state index contributed by atoms with van der Waals surface area (Å²) in [5, 5.41) is 6.70. The van der Waals surface area contributed by atoms with Crippen molar-refractivity contribution in [2.24, 2.45) is 5.10 Å². The van der Waals surface area contributed by atoms with Crippen molar-refractivity contribution in [1.82, 2.24) is 15.6 Å². The molecule has 0 aromatic heterocycles. The summed E-state index contributed by atoms with van der Waals surface area (Å²) >= 11 is 0. The second-order valence-electron chi connectivity index (χ2n) is 6.81. The van der Waals surface area contributed by atoms with Crippen LogP contribution >= 0.6 is 0 Å².